The molecule has 2 aromatic carbocycles. The Morgan fingerprint density at radius 2 is 1.83 bits per heavy atom. The molecular weight excluding hydrogens is 550 g/mol. The van der Waals surface area contributed by atoms with Crippen molar-refractivity contribution in [2.45, 2.75) is 32.0 Å². The topological polar surface area (TPSA) is 98.5 Å². The number of benzene rings is 2. The number of hydrogen-bond acceptors (Lipinski definition) is 8. The summed E-state index contributed by atoms with van der Waals surface area (Å²) in [6, 6.07) is 8.48. The van der Waals surface area contributed by atoms with Gasteiger partial charge in [0.05, 0.1) is 20.2 Å². The summed E-state index contributed by atoms with van der Waals surface area (Å²) in [5.74, 6) is 0.266. The number of aromatic nitrogens is 2. The van der Waals surface area contributed by atoms with E-state index in [1.165, 1.54) is 12.0 Å². The van der Waals surface area contributed by atoms with Gasteiger partial charge in [0.25, 0.3) is 0 Å². The summed E-state index contributed by atoms with van der Waals surface area (Å²) < 4.78 is 51.7. The fourth-order valence-corrected chi connectivity index (χ4v) is 5.03. The molecule has 0 bridgehead atoms. The second-order valence-corrected chi connectivity index (χ2v) is 10.3. The van der Waals surface area contributed by atoms with Gasteiger partial charge in [-0.2, -0.15) is 0 Å². The molecule has 0 radical (unpaired) electrons. The van der Waals surface area contributed by atoms with Crippen molar-refractivity contribution in [3.05, 3.63) is 71.8 Å². The lowest BCUT2D eigenvalue weighted by Crippen LogP contribution is -2.52. The maximum atomic E-state index is 13.7. The predicted molar refractivity (Wildman–Crippen MR) is 151 cm³/mol. The average Bonchev–Trinajstić information content (AvgIpc) is 3.34. The highest BCUT2D eigenvalue weighted by molar-refractivity contribution is 5.77. The van der Waals surface area contributed by atoms with Gasteiger partial charge in [-0.1, -0.05) is 13.0 Å². The number of carbonyl (C=O) groups excluding carboxylic acids is 1. The van der Waals surface area contributed by atoms with Gasteiger partial charge in [0.2, 0.25) is 5.91 Å². The zero-order valence-corrected chi connectivity index (χ0v) is 24.2. The summed E-state index contributed by atoms with van der Waals surface area (Å²) in [5.41, 5.74) is -0.620. The summed E-state index contributed by atoms with van der Waals surface area (Å²) in [5, 5.41) is 11.6. The molecule has 1 amide bonds. The van der Waals surface area contributed by atoms with Crippen LogP contribution in [0, 0.1) is 11.6 Å². The number of amides is 1. The molecular formula is C30H38F2N4O6. The lowest BCUT2D eigenvalue weighted by atomic mass is 10.0. The minimum absolute atomic E-state index is 0.0333. The summed E-state index contributed by atoms with van der Waals surface area (Å²) in [7, 11) is 3.01. The third kappa shape index (κ3) is 8.40. The molecule has 1 aliphatic heterocycles. The van der Waals surface area contributed by atoms with Gasteiger partial charge in [0, 0.05) is 70.3 Å². The van der Waals surface area contributed by atoms with E-state index in [4.69, 9.17) is 18.9 Å². The predicted octanol–water partition coefficient (Wildman–Crippen LogP) is 2.91. The van der Waals surface area contributed by atoms with Crippen LogP contribution in [-0.2, 0) is 29.0 Å². The van der Waals surface area contributed by atoms with E-state index in [1.807, 2.05) is 33.9 Å². The zero-order valence-electron chi connectivity index (χ0n) is 24.2. The number of aryl methyl sites for hydroxylation is 1. The number of imidazole rings is 1. The molecule has 0 aliphatic carbocycles. The number of nitrogens with zero attached hydrogens (tertiary/aromatic N) is 4. The molecule has 1 aromatic heterocycles. The van der Waals surface area contributed by atoms with Crippen LogP contribution in [0.4, 0.5) is 8.78 Å². The molecule has 42 heavy (non-hydrogen) atoms. The van der Waals surface area contributed by atoms with E-state index in [-0.39, 0.29) is 38.0 Å². The number of rotatable bonds is 13. The van der Waals surface area contributed by atoms with Crippen molar-refractivity contribution in [3.8, 4) is 17.2 Å². The summed E-state index contributed by atoms with van der Waals surface area (Å²) in [6.45, 7) is 4.05. The van der Waals surface area contributed by atoms with E-state index >= 15 is 0 Å². The second-order valence-electron chi connectivity index (χ2n) is 10.3. The van der Waals surface area contributed by atoms with Crippen molar-refractivity contribution < 1.29 is 37.6 Å². The van der Waals surface area contributed by atoms with Gasteiger partial charge in [0.1, 0.15) is 48.6 Å². The van der Waals surface area contributed by atoms with Gasteiger partial charge in [-0.25, -0.2) is 13.8 Å². The van der Waals surface area contributed by atoms with Crippen LogP contribution in [-0.4, -0.2) is 96.2 Å². The van der Waals surface area contributed by atoms with Crippen LogP contribution >= 0.6 is 0 Å². The molecule has 1 atom stereocenters. The molecule has 0 spiro atoms. The Balaban J connectivity index is 1.47. The fraction of sp³-hybridized carbons (Fsp3) is 0.467. The second kappa shape index (κ2) is 14.4. The van der Waals surface area contributed by atoms with Crippen LogP contribution in [0.2, 0.25) is 0 Å². The van der Waals surface area contributed by atoms with E-state index < -0.39 is 17.2 Å². The van der Waals surface area contributed by atoms with Crippen LogP contribution in [0.25, 0.3) is 0 Å². The Morgan fingerprint density at radius 1 is 1.05 bits per heavy atom. The molecule has 12 heteroatoms. The molecule has 228 valence electrons. The molecule has 1 fully saturated rings. The molecule has 10 nitrogen and oxygen atoms in total. The normalized spacial score (nSPS) is 17.6. The van der Waals surface area contributed by atoms with Gasteiger partial charge in [-0.05, 0) is 17.7 Å². The molecule has 1 aliphatic rings. The number of ether oxygens (including phenoxy) is 4. The van der Waals surface area contributed by atoms with E-state index in [2.05, 4.69) is 11.9 Å². The van der Waals surface area contributed by atoms with E-state index in [0.717, 1.165) is 36.0 Å². The van der Waals surface area contributed by atoms with Crippen LogP contribution in [0.5, 0.6) is 17.2 Å². The summed E-state index contributed by atoms with van der Waals surface area (Å²) in [4.78, 5) is 20.6. The Kier molecular flexibility index (Phi) is 10.7. The third-order valence-corrected chi connectivity index (χ3v) is 7.00. The fourth-order valence-electron chi connectivity index (χ4n) is 5.03. The van der Waals surface area contributed by atoms with E-state index in [9.17, 15) is 18.7 Å². The van der Waals surface area contributed by atoms with Crippen molar-refractivity contribution in [2.75, 3.05) is 60.2 Å². The molecule has 1 N–H and O–H groups in total. The highest BCUT2D eigenvalue weighted by Gasteiger charge is 2.37. The average molecular weight is 589 g/mol. The van der Waals surface area contributed by atoms with Crippen molar-refractivity contribution >= 4 is 5.91 Å². The van der Waals surface area contributed by atoms with Gasteiger partial charge in [-0.15, -0.1) is 0 Å². The Morgan fingerprint density at radius 3 is 2.55 bits per heavy atom. The van der Waals surface area contributed by atoms with Crippen LogP contribution in [0.15, 0.2) is 48.8 Å². The number of carbonyl (C=O) groups is 1. The summed E-state index contributed by atoms with van der Waals surface area (Å²) >= 11 is 0. The van der Waals surface area contributed by atoms with Crippen molar-refractivity contribution in [1.29, 1.82) is 0 Å². The Labute approximate surface area is 244 Å². The standard InChI is InChI=1S/C30H38F2N4O6/c1-4-28-33-7-8-35(28)11-12-41-27-13-22(5-6-26(27)40-3)17-34-9-10-36(29(37)18-39-2)20-30(38,19-34)21-42-25-15-23(31)14-24(32)16-25/h5-8,13-16,38H,4,9-12,17-21H2,1-3H3/t30-/m1/s1. The number of halogens is 2. The minimum atomic E-state index is -1.53. The largest absolute Gasteiger partial charge is 0.493 e. The van der Waals surface area contributed by atoms with Crippen LogP contribution < -0.4 is 14.2 Å². The first-order valence-electron chi connectivity index (χ1n) is 13.8. The molecule has 4 rings (SSSR count). The van der Waals surface area contributed by atoms with Crippen LogP contribution in [0.1, 0.15) is 18.3 Å². The summed E-state index contributed by atoms with van der Waals surface area (Å²) in [6.07, 6.45) is 4.52. The molecule has 0 saturated carbocycles. The Bertz CT molecular complexity index is 1320. The van der Waals surface area contributed by atoms with Gasteiger partial charge < -0.3 is 33.5 Å². The molecule has 3 aromatic rings. The van der Waals surface area contributed by atoms with Gasteiger partial charge >= 0.3 is 0 Å². The third-order valence-electron chi connectivity index (χ3n) is 7.00. The van der Waals surface area contributed by atoms with Crippen LogP contribution in [0.3, 0.4) is 0 Å². The molecule has 1 saturated heterocycles. The first-order chi connectivity index (χ1) is 20.2. The number of aliphatic hydroxyl groups is 1. The highest BCUT2D eigenvalue weighted by Crippen LogP contribution is 2.29. The van der Waals surface area contributed by atoms with Crippen molar-refractivity contribution in [1.82, 2.24) is 19.4 Å². The lowest BCUT2D eigenvalue weighted by Gasteiger charge is -2.33. The quantitative estimate of drug-likeness (QED) is 0.326. The maximum Gasteiger partial charge on any atom is 0.248 e. The Hall–Kier alpha value is -3.74. The van der Waals surface area contributed by atoms with Crippen molar-refractivity contribution in [3.63, 3.8) is 0 Å². The SMILES string of the molecule is CCc1nccn1CCOc1cc(CN2CCN(C(=O)COC)C[C@@](O)(COc3cc(F)cc(F)c3)C2)ccc1OC. The monoisotopic (exact) mass is 588 g/mol. The lowest BCUT2D eigenvalue weighted by molar-refractivity contribution is -0.138. The van der Waals surface area contributed by atoms with Gasteiger partial charge in [0.15, 0.2) is 11.5 Å². The molecule has 2 heterocycles. The number of β-amino-alcohol motifs (C(OH)–C–C–N with tert-alkyl or cyclic N) is 1. The highest BCUT2D eigenvalue weighted by atomic mass is 19.1. The molecule has 0 unspecified atom stereocenters. The minimum Gasteiger partial charge on any atom is -0.493 e. The first-order valence-corrected chi connectivity index (χ1v) is 13.8. The number of hydrogen-bond donors (Lipinski definition) is 1. The van der Waals surface area contributed by atoms with Gasteiger partial charge in [-0.3, -0.25) is 9.69 Å². The van der Waals surface area contributed by atoms with E-state index in [0.29, 0.717) is 44.3 Å². The maximum absolute atomic E-state index is 13.7. The van der Waals surface area contributed by atoms with E-state index in [1.54, 1.807) is 13.3 Å². The van der Waals surface area contributed by atoms with Crippen molar-refractivity contribution in [2.24, 2.45) is 0 Å². The number of methoxy groups -OCH3 is 2. The first kappa shape index (κ1) is 31.2. The zero-order chi connectivity index (χ0) is 30.1. The smallest absolute Gasteiger partial charge is 0.248 e.